The standard InChI is InChI=1S/C17H20N2O2/c1-11(20)19-15-6-3-12(4-7-15)10-18-17(21)16-9-13-2-5-14(16)8-13/h2-7,13-14,16H,8-10H2,1H3,(H,18,21)(H,19,20)/t13-,14-,16+/m0/s1. The van der Waals surface area contributed by atoms with Crippen molar-refractivity contribution in [3.8, 4) is 0 Å². The van der Waals surface area contributed by atoms with Gasteiger partial charge in [-0.3, -0.25) is 9.59 Å². The first kappa shape index (κ1) is 13.9. The highest BCUT2D eigenvalue weighted by atomic mass is 16.2. The number of anilines is 1. The predicted molar refractivity (Wildman–Crippen MR) is 81.4 cm³/mol. The predicted octanol–water partition coefficient (Wildman–Crippen LogP) is 2.47. The summed E-state index contributed by atoms with van der Waals surface area (Å²) in [7, 11) is 0. The summed E-state index contributed by atoms with van der Waals surface area (Å²) in [6.07, 6.45) is 6.58. The molecule has 0 aliphatic heterocycles. The van der Waals surface area contributed by atoms with E-state index in [1.54, 1.807) is 0 Å². The molecule has 4 nitrogen and oxygen atoms in total. The monoisotopic (exact) mass is 284 g/mol. The van der Waals surface area contributed by atoms with Gasteiger partial charge in [0.05, 0.1) is 0 Å². The second-order valence-corrected chi connectivity index (χ2v) is 5.98. The number of hydrogen-bond acceptors (Lipinski definition) is 2. The maximum absolute atomic E-state index is 12.2. The molecule has 3 rings (SSSR count). The van der Waals surface area contributed by atoms with Crippen LogP contribution in [0.2, 0.25) is 0 Å². The molecule has 21 heavy (non-hydrogen) atoms. The maximum Gasteiger partial charge on any atom is 0.223 e. The van der Waals surface area contributed by atoms with Crippen LogP contribution in [-0.4, -0.2) is 11.8 Å². The van der Waals surface area contributed by atoms with Gasteiger partial charge in [-0.1, -0.05) is 24.3 Å². The van der Waals surface area contributed by atoms with Crippen LogP contribution in [0.25, 0.3) is 0 Å². The van der Waals surface area contributed by atoms with Crippen LogP contribution in [0, 0.1) is 17.8 Å². The minimum atomic E-state index is -0.0830. The highest BCUT2D eigenvalue weighted by Gasteiger charge is 2.39. The van der Waals surface area contributed by atoms with Crippen molar-refractivity contribution in [1.29, 1.82) is 0 Å². The molecular weight excluding hydrogens is 264 g/mol. The summed E-state index contributed by atoms with van der Waals surface area (Å²) in [6, 6.07) is 7.55. The van der Waals surface area contributed by atoms with Crippen LogP contribution in [0.5, 0.6) is 0 Å². The molecule has 0 unspecified atom stereocenters. The van der Waals surface area contributed by atoms with E-state index in [1.807, 2.05) is 24.3 Å². The van der Waals surface area contributed by atoms with Crippen LogP contribution >= 0.6 is 0 Å². The Labute approximate surface area is 124 Å². The SMILES string of the molecule is CC(=O)Nc1ccc(CNC(=O)[C@@H]2C[C@H]3C=C[C@H]2C3)cc1. The molecule has 1 aromatic rings. The smallest absolute Gasteiger partial charge is 0.223 e. The fourth-order valence-corrected chi connectivity index (χ4v) is 3.31. The second kappa shape index (κ2) is 5.72. The molecule has 1 aromatic carbocycles. The summed E-state index contributed by atoms with van der Waals surface area (Å²) >= 11 is 0. The lowest BCUT2D eigenvalue weighted by atomic mass is 9.93. The molecule has 2 aliphatic carbocycles. The Morgan fingerprint density at radius 1 is 1.14 bits per heavy atom. The number of benzene rings is 1. The van der Waals surface area contributed by atoms with Crippen molar-refractivity contribution in [3.63, 3.8) is 0 Å². The van der Waals surface area contributed by atoms with E-state index in [9.17, 15) is 9.59 Å². The van der Waals surface area contributed by atoms with Crippen molar-refractivity contribution in [2.24, 2.45) is 17.8 Å². The molecular formula is C17H20N2O2. The molecule has 2 aliphatic rings. The fraction of sp³-hybridized carbons (Fsp3) is 0.412. The number of nitrogens with one attached hydrogen (secondary N) is 2. The normalized spacial score (nSPS) is 25.9. The number of carbonyl (C=O) groups is 2. The zero-order chi connectivity index (χ0) is 14.8. The molecule has 110 valence electrons. The van der Waals surface area contributed by atoms with Gasteiger partial charge in [0.25, 0.3) is 0 Å². The second-order valence-electron chi connectivity index (χ2n) is 5.98. The van der Waals surface area contributed by atoms with E-state index in [1.165, 1.54) is 6.92 Å². The summed E-state index contributed by atoms with van der Waals surface area (Å²) in [5, 5.41) is 5.75. The van der Waals surface area contributed by atoms with Gasteiger partial charge in [0.2, 0.25) is 11.8 Å². The van der Waals surface area contributed by atoms with Gasteiger partial charge in [-0.05, 0) is 42.4 Å². The Morgan fingerprint density at radius 3 is 2.48 bits per heavy atom. The molecule has 2 bridgehead atoms. The van der Waals surface area contributed by atoms with E-state index in [4.69, 9.17) is 0 Å². The zero-order valence-corrected chi connectivity index (χ0v) is 12.1. The lowest BCUT2D eigenvalue weighted by Gasteiger charge is -2.17. The third-order valence-electron chi connectivity index (χ3n) is 4.36. The molecule has 2 N–H and O–H groups in total. The first-order valence-electron chi connectivity index (χ1n) is 7.44. The molecule has 1 fully saturated rings. The van der Waals surface area contributed by atoms with E-state index in [0.29, 0.717) is 18.4 Å². The van der Waals surface area contributed by atoms with E-state index >= 15 is 0 Å². The Balaban J connectivity index is 1.52. The number of fused-ring (bicyclic) bond motifs is 2. The third-order valence-corrected chi connectivity index (χ3v) is 4.36. The quantitative estimate of drug-likeness (QED) is 0.834. The van der Waals surface area contributed by atoms with Gasteiger partial charge in [-0.25, -0.2) is 0 Å². The minimum Gasteiger partial charge on any atom is -0.352 e. The average Bonchev–Trinajstić information content (AvgIpc) is 3.08. The van der Waals surface area contributed by atoms with Crippen molar-refractivity contribution in [3.05, 3.63) is 42.0 Å². The summed E-state index contributed by atoms with van der Waals surface area (Å²) in [5.74, 6) is 1.29. The molecule has 0 heterocycles. The van der Waals surface area contributed by atoms with Gasteiger partial charge in [-0.2, -0.15) is 0 Å². The number of carbonyl (C=O) groups excluding carboxylic acids is 2. The van der Waals surface area contributed by atoms with Crippen LogP contribution in [0.1, 0.15) is 25.3 Å². The Kier molecular flexibility index (Phi) is 3.78. The van der Waals surface area contributed by atoms with E-state index < -0.39 is 0 Å². The van der Waals surface area contributed by atoms with Crippen LogP contribution in [0.15, 0.2) is 36.4 Å². The fourth-order valence-electron chi connectivity index (χ4n) is 3.31. The van der Waals surface area contributed by atoms with Crippen molar-refractivity contribution >= 4 is 17.5 Å². The molecule has 4 heteroatoms. The van der Waals surface area contributed by atoms with Crippen LogP contribution in [-0.2, 0) is 16.1 Å². The number of hydrogen-bond donors (Lipinski definition) is 2. The first-order chi connectivity index (χ1) is 10.1. The van der Waals surface area contributed by atoms with E-state index in [0.717, 1.165) is 24.1 Å². The molecule has 3 atom stereocenters. The molecule has 2 amide bonds. The Hall–Kier alpha value is -2.10. The average molecular weight is 284 g/mol. The molecule has 0 saturated heterocycles. The highest BCUT2D eigenvalue weighted by Crippen LogP contribution is 2.43. The zero-order valence-electron chi connectivity index (χ0n) is 12.1. The molecule has 0 radical (unpaired) electrons. The van der Waals surface area contributed by atoms with Gasteiger partial charge in [0, 0.05) is 25.1 Å². The van der Waals surface area contributed by atoms with Gasteiger partial charge in [0.1, 0.15) is 0 Å². The van der Waals surface area contributed by atoms with Crippen molar-refractivity contribution in [2.45, 2.75) is 26.3 Å². The van der Waals surface area contributed by atoms with Gasteiger partial charge in [0.15, 0.2) is 0 Å². The lowest BCUT2D eigenvalue weighted by Crippen LogP contribution is -2.32. The summed E-state index contributed by atoms with van der Waals surface area (Å²) in [6.45, 7) is 2.02. The van der Waals surface area contributed by atoms with Gasteiger partial charge in [-0.15, -0.1) is 0 Å². The van der Waals surface area contributed by atoms with Crippen LogP contribution in [0.3, 0.4) is 0 Å². The van der Waals surface area contributed by atoms with Crippen molar-refractivity contribution in [2.75, 3.05) is 5.32 Å². The van der Waals surface area contributed by atoms with Gasteiger partial charge < -0.3 is 10.6 Å². The number of amides is 2. The van der Waals surface area contributed by atoms with Crippen molar-refractivity contribution < 1.29 is 9.59 Å². The maximum atomic E-state index is 12.2. The Bertz CT molecular complexity index is 577. The Morgan fingerprint density at radius 2 is 1.90 bits per heavy atom. The summed E-state index contributed by atoms with van der Waals surface area (Å²) in [4.78, 5) is 23.2. The molecule has 1 saturated carbocycles. The van der Waals surface area contributed by atoms with E-state index in [-0.39, 0.29) is 17.7 Å². The first-order valence-corrected chi connectivity index (χ1v) is 7.44. The summed E-state index contributed by atoms with van der Waals surface area (Å²) < 4.78 is 0. The highest BCUT2D eigenvalue weighted by molar-refractivity contribution is 5.88. The molecule has 0 spiro atoms. The number of allylic oxidation sites excluding steroid dienone is 2. The number of rotatable bonds is 4. The summed E-state index contributed by atoms with van der Waals surface area (Å²) in [5.41, 5.74) is 1.81. The lowest BCUT2D eigenvalue weighted by molar-refractivity contribution is -0.125. The van der Waals surface area contributed by atoms with Crippen LogP contribution < -0.4 is 10.6 Å². The topological polar surface area (TPSA) is 58.2 Å². The van der Waals surface area contributed by atoms with Crippen LogP contribution in [0.4, 0.5) is 5.69 Å². The minimum absolute atomic E-state index is 0.0830. The molecule has 0 aromatic heterocycles. The largest absolute Gasteiger partial charge is 0.352 e. The van der Waals surface area contributed by atoms with Gasteiger partial charge >= 0.3 is 0 Å². The third kappa shape index (κ3) is 3.15. The van der Waals surface area contributed by atoms with E-state index in [2.05, 4.69) is 22.8 Å². The van der Waals surface area contributed by atoms with Crippen molar-refractivity contribution in [1.82, 2.24) is 5.32 Å².